The number of aryl methyl sites for hydroxylation is 2. The van der Waals surface area contributed by atoms with Gasteiger partial charge in [0.2, 0.25) is 5.95 Å². The van der Waals surface area contributed by atoms with Crippen LogP contribution in [0.4, 0.5) is 17.5 Å². The van der Waals surface area contributed by atoms with Crippen LogP contribution in [0.5, 0.6) is 5.75 Å². The van der Waals surface area contributed by atoms with E-state index in [9.17, 15) is 0 Å². The molecule has 0 bridgehead atoms. The van der Waals surface area contributed by atoms with Gasteiger partial charge in [0.1, 0.15) is 17.1 Å². The third-order valence-electron chi connectivity index (χ3n) is 6.68. The normalized spacial score (nSPS) is 14.5. The second-order valence-electron chi connectivity index (χ2n) is 8.96. The number of nitrogens with zero attached hydrogens (tertiary/aromatic N) is 6. The first kappa shape index (κ1) is 23.0. The summed E-state index contributed by atoms with van der Waals surface area (Å²) in [6.07, 6.45) is 5.97. The van der Waals surface area contributed by atoms with Crippen molar-refractivity contribution in [1.29, 1.82) is 0 Å². The molecule has 1 aromatic carbocycles. The number of rotatable bonds is 6. The summed E-state index contributed by atoms with van der Waals surface area (Å²) in [7, 11) is 5.44. The zero-order valence-corrected chi connectivity index (χ0v) is 20.9. The molecule has 35 heavy (non-hydrogen) atoms. The standard InChI is InChI=1S/C26H31N7O2/c1-16-12-19-15-28-26(31-23(19)25(29-16)33-10-8-20(34-4)9-11-33)30-21-7-6-18(13-22(21)35-5)24-27-14-17(2)32(24)3/h6-7,12-15,20H,8-11H2,1-5H3,(H,28,30,31). The number of fused-ring (bicyclic) bond motifs is 1. The Morgan fingerprint density at radius 1 is 1.00 bits per heavy atom. The highest BCUT2D eigenvalue weighted by Crippen LogP contribution is 2.33. The Hall–Kier alpha value is -3.72. The zero-order valence-electron chi connectivity index (χ0n) is 20.9. The fourth-order valence-corrected chi connectivity index (χ4v) is 4.55. The predicted molar refractivity (Wildman–Crippen MR) is 138 cm³/mol. The summed E-state index contributed by atoms with van der Waals surface area (Å²) in [5, 5.41) is 4.31. The van der Waals surface area contributed by atoms with Crippen molar-refractivity contribution in [2.75, 3.05) is 37.5 Å². The topological polar surface area (TPSA) is 90.2 Å². The van der Waals surface area contributed by atoms with Crippen LogP contribution in [0.15, 0.2) is 36.7 Å². The van der Waals surface area contributed by atoms with Gasteiger partial charge in [0.15, 0.2) is 5.82 Å². The lowest BCUT2D eigenvalue weighted by Crippen LogP contribution is -2.37. The summed E-state index contributed by atoms with van der Waals surface area (Å²) in [5.41, 5.74) is 4.64. The molecule has 0 spiro atoms. The van der Waals surface area contributed by atoms with Crippen LogP contribution in [0, 0.1) is 13.8 Å². The molecular formula is C26H31N7O2. The fraction of sp³-hybridized carbons (Fsp3) is 0.385. The third-order valence-corrected chi connectivity index (χ3v) is 6.68. The number of aromatic nitrogens is 5. The molecule has 9 heteroatoms. The van der Waals surface area contributed by atoms with E-state index in [0.29, 0.717) is 17.8 Å². The SMILES string of the molecule is COc1cc(-c2ncc(C)n2C)ccc1Nc1ncc2cc(C)nc(N3CCC(OC)CC3)c2n1. The van der Waals surface area contributed by atoms with Crippen LogP contribution >= 0.6 is 0 Å². The van der Waals surface area contributed by atoms with Gasteiger partial charge in [0.25, 0.3) is 0 Å². The van der Waals surface area contributed by atoms with E-state index < -0.39 is 0 Å². The third kappa shape index (κ3) is 4.51. The molecule has 0 radical (unpaired) electrons. The first-order valence-electron chi connectivity index (χ1n) is 11.8. The van der Waals surface area contributed by atoms with Crippen molar-refractivity contribution in [3.05, 3.63) is 48.0 Å². The van der Waals surface area contributed by atoms with Gasteiger partial charge in [-0.15, -0.1) is 0 Å². The van der Waals surface area contributed by atoms with Crippen LogP contribution in [-0.4, -0.2) is 57.9 Å². The molecule has 1 aliphatic rings. The van der Waals surface area contributed by atoms with E-state index in [2.05, 4.69) is 24.8 Å². The van der Waals surface area contributed by atoms with Gasteiger partial charge in [-0.3, -0.25) is 0 Å². The van der Waals surface area contributed by atoms with Gasteiger partial charge in [-0.2, -0.15) is 0 Å². The van der Waals surface area contributed by atoms with E-state index in [-0.39, 0.29) is 0 Å². The number of hydrogen-bond acceptors (Lipinski definition) is 8. The molecule has 9 nitrogen and oxygen atoms in total. The number of piperidine rings is 1. The number of imidazole rings is 1. The molecule has 0 saturated carbocycles. The van der Waals surface area contributed by atoms with E-state index in [1.807, 2.05) is 57.6 Å². The molecule has 1 fully saturated rings. The molecule has 1 aliphatic heterocycles. The van der Waals surface area contributed by atoms with Crippen molar-refractivity contribution in [2.45, 2.75) is 32.8 Å². The highest BCUT2D eigenvalue weighted by atomic mass is 16.5. The average Bonchev–Trinajstić information content (AvgIpc) is 3.22. The highest BCUT2D eigenvalue weighted by Gasteiger charge is 2.22. The summed E-state index contributed by atoms with van der Waals surface area (Å²) in [6.45, 7) is 5.81. The van der Waals surface area contributed by atoms with Crippen LogP contribution in [-0.2, 0) is 11.8 Å². The Kier molecular flexibility index (Phi) is 6.25. The maximum Gasteiger partial charge on any atom is 0.227 e. The largest absolute Gasteiger partial charge is 0.495 e. The number of hydrogen-bond donors (Lipinski definition) is 1. The zero-order chi connectivity index (χ0) is 24.5. The molecule has 0 amide bonds. The van der Waals surface area contributed by atoms with E-state index in [4.69, 9.17) is 19.4 Å². The number of methoxy groups -OCH3 is 2. The molecule has 4 heterocycles. The van der Waals surface area contributed by atoms with Crippen LogP contribution in [0.1, 0.15) is 24.2 Å². The predicted octanol–water partition coefficient (Wildman–Crippen LogP) is 4.41. The fourth-order valence-electron chi connectivity index (χ4n) is 4.55. The second-order valence-corrected chi connectivity index (χ2v) is 8.96. The van der Waals surface area contributed by atoms with Crippen molar-refractivity contribution in [3.8, 4) is 17.1 Å². The molecule has 0 atom stereocenters. The molecule has 3 aromatic heterocycles. The number of anilines is 3. The van der Waals surface area contributed by atoms with Gasteiger partial charge in [0, 0.05) is 62.0 Å². The smallest absolute Gasteiger partial charge is 0.227 e. The Labute approximate surface area is 205 Å². The number of ether oxygens (including phenoxy) is 2. The van der Waals surface area contributed by atoms with Crippen LogP contribution in [0.2, 0.25) is 0 Å². The Morgan fingerprint density at radius 3 is 2.49 bits per heavy atom. The van der Waals surface area contributed by atoms with Crippen molar-refractivity contribution < 1.29 is 9.47 Å². The molecule has 1 saturated heterocycles. The number of pyridine rings is 1. The minimum absolute atomic E-state index is 0.305. The summed E-state index contributed by atoms with van der Waals surface area (Å²) in [6, 6.07) is 7.98. The lowest BCUT2D eigenvalue weighted by Gasteiger charge is -2.32. The molecule has 5 rings (SSSR count). The molecule has 0 aliphatic carbocycles. The number of nitrogens with one attached hydrogen (secondary N) is 1. The monoisotopic (exact) mass is 473 g/mol. The summed E-state index contributed by atoms with van der Waals surface area (Å²) < 4.78 is 13.3. The lowest BCUT2D eigenvalue weighted by molar-refractivity contribution is 0.0818. The molecule has 4 aromatic rings. The van der Waals surface area contributed by atoms with Crippen LogP contribution in [0.25, 0.3) is 22.3 Å². The lowest BCUT2D eigenvalue weighted by atomic mass is 10.1. The van der Waals surface area contributed by atoms with Gasteiger partial charge < -0.3 is 24.3 Å². The second kappa shape index (κ2) is 9.50. The van der Waals surface area contributed by atoms with Crippen molar-refractivity contribution in [1.82, 2.24) is 24.5 Å². The molecular weight excluding hydrogens is 442 g/mol. The van der Waals surface area contributed by atoms with Gasteiger partial charge in [0.05, 0.1) is 18.9 Å². The summed E-state index contributed by atoms with van der Waals surface area (Å²) >= 11 is 0. The minimum atomic E-state index is 0.305. The maximum atomic E-state index is 5.68. The Morgan fingerprint density at radius 2 is 1.80 bits per heavy atom. The van der Waals surface area contributed by atoms with Gasteiger partial charge in [-0.05, 0) is 51.0 Å². The maximum absolute atomic E-state index is 5.68. The van der Waals surface area contributed by atoms with E-state index in [1.54, 1.807) is 14.2 Å². The summed E-state index contributed by atoms with van der Waals surface area (Å²) in [4.78, 5) is 21.1. The highest BCUT2D eigenvalue weighted by molar-refractivity contribution is 5.89. The first-order valence-corrected chi connectivity index (χ1v) is 11.8. The first-order chi connectivity index (χ1) is 17.0. The summed E-state index contributed by atoms with van der Waals surface area (Å²) in [5.74, 6) is 2.97. The quantitative estimate of drug-likeness (QED) is 0.440. The van der Waals surface area contributed by atoms with E-state index in [1.165, 1.54) is 0 Å². The minimum Gasteiger partial charge on any atom is -0.495 e. The molecule has 1 N–H and O–H groups in total. The Balaban J connectivity index is 1.47. The van der Waals surface area contributed by atoms with Crippen LogP contribution in [0.3, 0.4) is 0 Å². The molecule has 182 valence electrons. The molecule has 0 unspecified atom stereocenters. The number of benzene rings is 1. The van der Waals surface area contributed by atoms with Crippen LogP contribution < -0.4 is 15.0 Å². The van der Waals surface area contributed by atoms with Crippen molar-refractivity contribution >= 4 is 28.4 Å². The van der Waals surface area contributed by atoms with Gasteiger partial charge >= 0.3 is 0 Å². The average molecular weight is 474 g/mol. The Bertz CT molecular complexity index is 1360. The van der Waals surface area contributed by atoms with Gasteiger partial charge in [-0.25, -0.2) is 19.9 Å². The van der Waals surface area contributed by atoms with Gasteiger partial charge in [-0.1, -0.05) is 0 Å². The van der Waals surface area contributed by atoms with Crippen molar-refractivity contribution in [3.63, 3.8) is 0 Å². The van der Waals surface area contributed by atoms with E-state index >= 15 is 0 Å². The van der Waals surface area contributed by atoms with E-state index in [0.717, 1.165) is 71.1 Å². The van der Waals surface area contributed by atoms with Crippen molar-refractivity contribution in [2.24, 2.45) is 7.05 Å².